The zero-order valence-corrected chi connectivity index (χ0v) is 13.0. The molecule has 0 heterocycles. The Balaban J connectivity index is 2.94. The van der Waals surface area contributed by atoms with Crippen LogP contribution in [0.15, 0.2) is 22.7 Å². The molecule has 3 nitrogen and oxygen atoms in total. The van der Waals surface area contributed by atoms with Crippen molar-refractivity contribution in [1.82, 2.24) is 4.90 Å². The van der Waals surface area contributed by atoms with Crippen LogP contribution < -0.4 is 0 Å². The van der Waals surface area contributed by atoms with Gasteiger partial charge in [0.2, 0.25) is 0 Å². The number of hydrogen-bond acceptors (Lipinski definition) is 2. The summed E-state index contributed by atoms with van der Waals surface area (Å²) in [5, 5.41) is 0. The summed E-state index contributed by atoms with van der Waals surface area (Å²) in [7, 11) is 1.58. The minimum Gasteiger partial charge on any atom is -0.383 e. The van der Waals surface area contributed by atoms with E-state index in [1.807, 2.05) is 13.8 Å². The molecule has 0 aliphatic rings. The van der Waals surface area contributed by atoms with Crippen molar-refractivity contribution in [3.8, 4) is 0 Å². The van der Waals surface area contributed by atoms with Crippen LogP contribution in [0.3, 0.4) is 0 Å². The third kappa shape index (κ3) is 4.58. The van der Waals surface area contributed by atoms with Gasteiger partial charge >= 0.3 is 0 Å². The van der Waals surface area contributed by atoms with Gasteiger partial charge in [-0.25, -0.2) is 4.39 Å². The number of amides is 1. The molecule has 1 amide bonds. The Kier molecular flexibility index (Phi) is 6.45. The SMILES string of the molecule is COCCN(CC(C)C)C(=O)c1cccc(Br)c1F. The lowest BCUT2D eigenvalue weighted by Crippen LogP contribution is -2.37. The van der Waals surface area contributed by atoms with Crippen LogP contribution in [-0.4, -0.2) is 37.6 Å². The summed E-state index contributed by atoms with van der Waals surface area (Å²) in [5.74, 6) is -0.501. The summed E-state index contributed by atoms with van der Waals surface area (Å²) >= 11 is 3.10. The maximum absolute atomic E-state index is 13.9. The standard InChI is InChI=1S/C14H19BrFNO2/c1-10(2)9-17(7-8-19-3)14(18)11-5-4-6-12(15)13(11)16/h4-6,10H,7-9H2,1-3H3. The average molecular weight is 332 g/mol. The van der Waals surface area contributed by atoms with Gasteiger partial charge in [-0.1, -0.05) is 19.9 Å². The van der Waals surface area contributed by atoms with Crippen LogP contribution in [0.2, 0.25) is 0 Å². The van der Waals surface area contributed by atoms with Crippen LogP contribution in [0.25, 0.3) is 0 Å². The van der Waals surface area contributed by atoms with Gasteiger partial charge in [-0.15, -0.1) is 0 Å². The van der Waals surface area contributed by atoms with Crippen molar-refractivity contribution in [2.75, 3.05) is 26.8 Å². The normalized spacial score (nSPS) is 10.8. The second-order valence-corrected chi connectivity index (χ2v) is 5.59. The Bertz CT molecular complexity index is 437. The lowest BCUT2D eigenvalue weighted by molar-refractivity contribution is 0.0667. The molecule has 0 aliphatic carbocycles. The number of ether oxygens (including phenoxy) is 1. The Hall–Kier alpha value is -0.940. The lowest BCUT2D eigenvalue weighted by Gasteiger charge is -2.24. The number of halogens is 2. The van der Waals surface area contributed by atoms with Crippen LogP contribution in [0.5, 0.6) is 0 Å². The first kappa shape index (κ1) is 16.1. The molecule has 0 saturated heterocycles. The molecule has 0 aliphatic heterocycles. The van der Waals surface area contributed by atoms with Gasteiger partial charge in [0, 0.05) is 20.2 Å². The summed E-state index contributed by atoms with van der Waals surface area (Å²) in [6, 6.07) is 4.74. The van der Waals surface area contributed by atoms with Crippen molar-refractivity contribution in [2.24, 2.45) is 5.92 Å². The van der Waals surface area contributed by atoms with E-state index >= 15 is 0 Å². The molecule has 0 fully saturated rings. The summed E-state index contributed by atoms with van der Waals surface area (Å²) in [6.07, 6.45) is 0. The molecule has 1 rings (SSSR count). The molecule has 0 radical (unpaired) electrons. The Labute approximate surface area is 121 Å². The highest BCUT2D eigenvalue weighted by Gasteiger charge is 2.20. The van der Waals surface area contributed by atoms with Gasteiger partial charge in [0.25, 0.3) is 5.91 Å². The lowest BCUT2D eigenvalue weighted by atomic mass is 10.1. The third-order valence-corrected chi connectivity index (χ3v) is 3.23. The molecule has 0 saturated carbocycles. The quantitative estimate of drug-likeness (QED) is 0.800. The molecule has 0 atom stereocenters. The van der Waals surface area contributed by atoms with E-state index < -0.39 is 5.82 Å². The number of carbonyl (C=O) groups excluding carboxylic acids is 1. The van der Waals surface area contributed by atoms with Crippen molar-refractivity contribution in [3.05, 3.63) is 34.1 Å². The van der Waals surface area contributed by atoms with E-state index in [0.717, 1.165) is 0 Å². The van der Waals surface area contributed by atoms with Gasteiger partial charge in [0.15, 0.2) is 0 Å². The molecular formula is C14H19BrFNO2. The predicted molar refractivity (Wildman–Crippen MR) is 76.7 cm³/mol. The summed E-state index contributed by atoms with van der Waals surface area (Å²) < 4.78 is 19.2. The van der Waals surface area contributed by atoms with E-state index in [-0.39, 0.29) is 11.5 Å². The smallest absolute Gasteiger partial charge is 0.256 e. The van der Waals surface area contributed by atoms with Crippen LogP contribution in [-0.2, 0) is 4.74 Å². The number of hydrogen-bond donors (Lipinski definition) is 0. The number of rotatable bonds is 6. The Morgan fingerprint density at radius 3 is 2.74 bits per heavy atom. The molecule has 0 N–H and O–H groups in total. The minimum absolute atomic E-state index is 0.0890. The first-order valence-electron chi connectivity index (χ1n) is 6.19. The van der Waals surface area contributed by atoms with Gasteiger partial charge in [0.05, 0.1) is 16.6 Å². The average Bonchev–Trinajstić information content (AvgIpc) is 2.36. The highest BCUT2D eigenvalue weighted by molar-refractivity contribution is 9.10. The minimum atomic E-state index is -0.515. The Morgan fingerprint density at radius 1 is 1.47 bits per heavy atom. The van der Waals surface area contributed by atoms with Crippen LogP contribution in [0.4, 0.5) is 4.39 Å². The molecular weight excluding hydrogens is 313 g/mol. The number of benzene rings is 1. The molecule has 19 heavy (non-hydrogen) atoms. The third-order valence-electron chi connectivity index (χ3n) is 2.62. The fraction of sp³-hybridized carbons (Fsp3) is 0.500. The molecule has 0 spiro atoms. The van der Waals surface area contributed by atoms with Crippen molar-refractivity contribution < 1.29 is 13.9 Å². The predicted octanol–water partition coefficient (Wildman–Crippen LogP) is 3.33. The van der Waals surface area contributed by atoms with Crippen molar-refractivity contribution in [1.29, 1.82) is 0 Å². The molecule has 1 aromatic rings. The topological polar surface area (TPSA) is 29.5 Å². The van der Waals surface area contributed by atoms with Gasteiger partial charge in [0.1, 0.15) is 5.82 Å². The zero-order chi connectivity index (χ0) is 14.4. The van der Waals surface area contributed by atoms with E-state index in [2.05, 4.69) is 15.9 Å². The van der Waals surface area contributed by atoms with Crippen molar-refractivity contribution in [2.45, 2.75) is 13.8 Å². The Morgan fingerprint density at radius 2 is 2.16 bits per heavy atom. The van der Waals surface area contributed by atoms with Crippen LogP contribution in [0.1, 0.15) is 24.2 Å². The molecule has 1 aromatic carbocycles. The van der Waals surface area contributed by atoms with Gasteiger partial charge in [-0.2, -0.15) is 0 Å². The summed E-state index contributed by atoms with van der Waals surface area (Å²) in [6.45, 7) is 5.51. The van der Waals surface area contributed by atoms with Gasteiger partial charge in [-0.05, 0) is 34.0 Å². The van der Waals surface area contributed by atoms with E-state index in [9.17, 15) is 9.18 Å². The highest BCUT2D eigenvalue weighted by Crippen LogP contribution is 2.20. The van der Waals surface area contributed by atoms with Crippen LogP contribution >= 0.6 is 15.9 Å². The molecule has 106 valence electrons. The monoisotopic (exact) mass is 331 g/mol. The fourth-order valence-electron chi connectivity index (χ4n) is 1.76. The number of carbonyl (C=O) groups is 1. The zero-order valence-electron chi connectivity index (χ0n) is 11.5. The maximum atomic E-state index is 13.9. The molecule has 0 bridgehead atoms. The van der Waals surface area contributed by atoms with Crippen molar-refractivity contribution in [3.63, 3.8) is 0 Å². The second kappa shape index (κ2) is 7.60. The second-order valence-electron chi connectivity index (χ2n) is 4.74. The first-order valence-corrected chi connectivity index (χ1v) is 6.99. The molecule has 0 unspecified atom stereocenters. The number of methoxy groups -OCH3 is 1. The molecule has 0 aromatic heterocycles. The summed E-state index contributed by atoms with van der Waals surface area (Å²) in [5.41, 5.74) is 0.0890. The van der Waals surface area contributed by atoms with Gasteiger partial charge < -0.3 is 9.64 Å². The van der Waals surface area contributed by atoms with E-state index in [1.54, 1.807) is 24.1 Å². The first-order chi connectivity index (χ1) is 8.97. The highest BCUT2D eigenvalue weighted by atomic mass is 79.9. The maximum Gasteiger partial charge on any atom is 0.256 e. The van der Waals surface area contributed by atoms with Gasteiger partial charge in [-0.3, -0.25) is 4.79 Å². The summed E-state index contributed by atoms with van der Waals surface area (Å²) in [4.78, 5) is 14.0. The largest absolute Gasteiger partial charge is 0.383 e. The van der Waals surface area contributed by atoms with Crippen molar-refractivity contribution >= 4 is 21.8 Å². The van der Waals surface area contributed by atoms with E-state index in [0.29, 0.717) is 30.1 Å². The molecule has 5 heteroatoms. The fourth-order valence-corrected chi connectivity index (χ4v) is 2.12. The number of nitrogens with zero attached hydrogens (tertiary/aromatic N) is 1. The van der Waals surface area contributed by atoms with E-state index in [1.165, 1.54) is 6.07 Å². The van der Waals surface area contributed by atoms with E-state index in [4.69, 9.17) is 4.74 Å². The van der Waals surface area contributed by atoms with Crippen LogP contribution in [0, 0.1) is 11.7 Å².